The zero-order chi connectivity index (χ0) is 25.0. The normalized spacial score (nSPS) is 17.4. The monoisotopic (exact) mass is 488 g/mol. The molecule has 1 unspecified atom stereocenters. The summed E-state index contributed by atoms with van der Waals surface area (Å²) in [5.74, 6) is -0.612. The molecule has 8 nitrogen and oxygen atoms in total. The van der Waals surface area contributed by atoms with Crippen LogP contribution in [0.4, 0.5) is 0 Å². The topological polar surface area (TPSA) is 88.5 Å². The minimum absolute atomic E-state index is 0.0779. The van der Waals surface area contributed by atoms with E-state index in [1.54, 1.807) is 36.4 Å². The molecular weight excluding hydrogens is 460 g/mol. The summed E-state index contributed by atoms with van der Waals surface area (Å²) in [4.78, 5) is 29.7. The predicted molar refractivity (Wildman–Crippen MR) is 130 cm³/mol. The van der Waals surface area contributed by atoms with Gasteiger partial charge in [0.2, 0.25) is 0 Å². The molecule has 1 atom stereocenters. The second kappa shape index (κ2) is 10.8. The van der Waals surface area contributed by atoms with Gasteiger partial charge in [-0.1, -0.05) is 23.7 Å². The Hall–Kier alpha value is -3.23. The maximum atomic E-state index is 13.3. The number of carbonyl (C=O) groups excluding carboxylic acids is 2. The summed E-state index contributed by atoms with van der Waals surface area (Å²) in [6.45, 7) is 3.01. The number of halogens is 1. The number of methoxy groups -OCH3 is 2. The SMILES string of the molecule is CCOc1ccc(Cl)c(/C(O)=C2\C(=O)C(=O)N(CCN(C)C)C2c2cccc(OC)c2OC)c1. The van der Waals surface area contributed by atoms with Gasteiger partial charge in [0.25, 0.3) is 11.7 Å². The Morgan fingerprint density at radius 3 is 2.50 bits per heavy atom. The van der Waals surface area contributed by atoms with Crippen LogP contribution in [0.15, 0.2) is 42.0 Å². The van der Waals surface area contributed by atoms with E-state index < -0.39 is 17.7 Å². The van der Waals surface area contributed by atoms with Crippen molar-refractivity contribution in [1.82, 2.24) is 9.80 Å². The molecule has 182 valence electrons. The molecular formula is C25H29ClN2O6. The van der Waals surface area contributed by atoms with Crippen molar-refractivity contribution in [2.75, 3.05) is 48.0 Å². The molecule has 0 aromatic heterocycles. The zero-order valence-corrected chi connectivity index (χ0v) is 20.7. The lowest BCUT2D eigenvalue weighted by atomic mass is 9.94. The summed E-state index contributed by atoms with van der Waals surface area (Å²) in [6.07, 6.45) is 0. The van der Waals surface area contributed by atoms with Crippen molar-refractivity contribution in [2.24, 2.45) is 0 Å². The van der Waals surface area contributed by atoms with Crippen molar-refractivity contribution >= 4 is 29.1 Å². The van der Waals surface area contributed by atoms with Crippen LogP contribution in [-0.4, -0.2) is 74.6 Å². The van der Waals surface area contributed by atoms with Crippen LogP contribution in [0, 0.1) is 0 Å². The molecule has 2 aromatic carbocycles. The molecule has 2 aromatic rings. The number of nitrogens with zero attached hydrogens (tertiary/aromatic N) is 2. The van der Waals surface area contributed by atoms with Gasteiger partial charge in [0, 0.05) is 24.2 Å². The number of hydrogen-bond acceptors (Lipinski definition) is 7. The molecule has 0 aliphatic carbocycles. The highest BCUT2D eigenvalue weighted by Crippen LogP contribution is 2.46. The molecule has 9 heteroatoms. The number of rotatable bonds is 9. The fourth-order valence-corrected chi connectivity index (χ4v) is 4.16. The largest absolute Gasteiger partial charge is 0.507 e. The van der Waals surface area contributed by atoms with E-state index in [4.69, 9.17) is 25.8 Å². The van der Waals surface area contributed by atoms with E-state index in [0.717, 1.165) is 0 Å². The van der Waals surface area contributed by atoms with Crippen LogP contribution < -0.4 is 14.2 Å². The van der Waals surface area contributed by atoms with E-state index in [2.05, 4.69) is 0 Å². The zero-order valence-electron chi connectivity index (χ0n) is 19.9. The second-order valence-corrected chi connectivity index (χ2v) is 8.36. The van der Waals surface area contributed by atoms with Crippen molar-refractivity contribution in [3.63, 3.8) is 0 Å². The molecule has 1 aliphatic heterocycles. The highest BCUT2D eigenvalue weighted by Gasteiger charge is 2.47. The first-order chi connectivity index (χ1) is 16.2. The molecule has 0 spiro atoms. The number of para-hydroxylation sites is 1. The van der Waals surface area contributed by atoms with Crippen molar-refractivity contribution in [3.8, 4) is 17.2 Å². The van der Waals surface area contributed by atoms with Crippen molar-refractivity contribution in [2.45, 2.75) is 13.0 Å². The van der Waals surface area contributed by atoms with Gasteiger partial charge in [-0.15, -0.1) is 0 Å². The fraction of sp³-hybridized carbons (Fsp3) is 0.360. The van der Waals surface area contributed by atoms with Crippen LogP contribution in [-0.2, 0) is 9.59 Å². The lowest BCUT2D eigenvalue weighted by Gasteiger charge is -2.28. The van der Waals surface area contributed by atoms with Crippen molar-refractivity contribution in [1.29, 1.82) is 0 Å². The molecule has 0 radical (unpaired) electrons. The van der Waals surface area contributed by atoms with E-state index in [1.807, 2.05) is 25.9 Å². The first-order valence-electron chi connectivity index (χ1n) is 10.8. The van der Waals surface area contributed by atoms with E-state index in [0.29, 0.717) is 36.0 Å². The van der Waals surface area contributed by atoms with Gasteiger partial charge in [-0.25, -0.2) is 0 Å². The summed E-state index contributed by atoms with van der Waals surface area (Å²) < 4.78 is 16.6. The average Bonchev–Trinajstić information content (AvgIpc) is 3.07. The molecule has 1 N–H and O–H groups in total. The van der Waals surface area contributed by atoms with E-state index in [1.165, 1.54) is 19.1 Å². The lowest BCUT2D eigenvalue weighted by molar-refractivity contribution is -0.140. The minimum Gasteiger partial charge on any atom is -0.507 e. The number of hydrogen-bond donors (Lipinski definition) is 1. The van der Waals surface area contributed by atoms with Gasteiger partial charge in [-0.2, -0.15) is 0 Å². The number of aliphatic hydroxyl groups excluding tert-OH is 1. The Morgan fingerprint density at radius 1 is 1.15 bits per heavy atom. The van der Waals surface area contributed by atoms with Gasteiger partial charge in [0.05, 0.1) is 37.5 Å². The van der Waals surface area contributed by atoms with Gasteiger partial charge in [-0.05, 0) is 45.3 Å². The van der Waals surface area contributed by atoms with Crippen molar-refractivity contribution in [3.05, 3.63) is 58.1 Å². The van der Waals surface area contributed by atoms with Gasteiger partial charge in [0.1, 0.15) is 11.5 Å². The fourth-order valence-electron chi connectivity index (χ4n) is 3.96. The number of amides is 1. The van der Waals surface area contributed by atoms with Gasteiger partial charge >= 0.3 is 0 Å². The molecule has 34 heavy (non-hydrogen) atoms. The second-order valence-electron chi connectivity index (χ2n) is 7.95. The summed E-state index contributed by atoms with van der Waals surface area (Å²) in [7, 11) is 6.73. The minimum atomic E-state index is -0.906. The third kappa shape index (κ3) is 4.83. The van der Waals surface area contributed by atoms with E-state index >= 15 is 0 Å². The molecule has 1 fully saturated rings. The predicted octanol–water partition coefficient (Wildman–Crippen LogP) is 3.74. The Bertz CT molecular complexity index is 1110. The third-order valence-corrected chi connectivity index (χ3v) is 5.89. The van der Waals surface area contributed by atoms with Crippen molar-refractivity contribution < 1.29 is 28.9 Å². The molecule has 0 bridgehead atoms. The van der Waals surface area contributed by atoms with Gasteiger partial charge in [0.15, 0.2) is 11.5 Å². The van der Waals surface area contributed by atoms with Crippen LogP contribution in [0.5, 0.6) is 17.2 Å². The Morgan fingerprint density at radius 2 is 1.88 bits per heavy atom. The standard InChI is InChI=1S/C25H29ClN2O6/c1-6-34-15-10-11-18(26)17(14-15)22(29)20-21(16-8-7-9-19(32-4)24(16)33-5)28(13-12-27(2)3)25(31)23(20)30/h7-11,14,21,29H,6,12-13H2,1-5H3/b22-20+. The number of ether oxygens (including phenoxy) is 3. The molecule has 1 heterocycles. The summed E-state index contributed by atoms with van der Waals surface area (Å²) in [5, 5.41) is 11.6. The molecule has 0 saturated carbocycles. The van der Waals surface area contributed by atoms with Crippen LogP contribution in [0.2, 0.25) is 5.02 Å². The number of benzene rings is 2. The van der Waals surface area contributed by atoms with Crippen LogP contribution in [0.25, 0.3) is 5.76 Å². The number of likely N-dealkylation sites (N-methyl/N-ethyl adjacent to an activating group) is 1. The van der Waals surface area contributed by atoms with E-state index in [-0.39, 0.29) is 28.5 Å². The van der Waals surface area contributed by atoms with Gasteiger partial charge in [-0.3, -0.25) is 9.59 Å². The lowest BCUT2D eigenvalue weighted by Crippen LogP contribution is -2.35. The number of likely N-dealkylation sites (tertiary alicyclic amines) is 1. The van der Waals surface area contributed by atoms with E-state index in [9.17, 15) is 14.7 Å². The Kier molecular flexibility index (Phi) is 8.06. The smallest absolute Gasteiger partial charge is 0.295 e. The highest BCUT2D eigenvalue weighted by molar-refractivity contribution is 6.47. The number of carbonyl (C=O) groups is 2. The van der Waals surface area contributed by atoms with Crippen LogP contribution in [0.1, 0.15) is 24.1 Å². The maximum Gasteiger partial charge on any atom is 0.295 e. The average molecular weight is 489 g/mol. The molecule has 3 rings (SSSR count). The number of aliphatic hydroxyl groups is 1. The quantitative estimate of drug-likeness (QED) is 0.327. The third-order valence-electron chi connectivity index (χ3n) is 5.56. The Balaban J connectivity index is 2.27. The maximum absolute atomic E-state index is 13.3. The van der Waals surface area contributed by atoms with Crippen LogP contribution in [0.3, 0.4) is 0 Å². The summed E-state index contributed by atoms with van der Waals surface area (Å²) >= 11 is 6.38. The number of Topliss-reactive ketones (excluding diaryl/α,β-unsaturated/α-hetero) is 1. The molecule has 1 aliphatic rings. The highest BCUT2D eigenvalue weighted by atomic mass is 35.5. The summed E-state index contributed by atoms with van der Waals surface area (Å²) in [6, 6.07) is 9.09. The summed E-state index contributed by atoms with van der Waals surface area (Å²) in [5.41, 5.74) is 0.634. The Labute approximate surface area is 204 Å². The number of ketones is 1. The first kappa shape index (κ1) is 25.4. The van der Waals surface area contributed by atoms with Gasteiger partial charge < -0.3 is 29.1 Å². The molecule has 1 saturated heterocycles. The van der Waals surface area contributed by atoms with Crippen LogP contribution >= 0.6 is 11.6 Å². The molecule has 1 amide bonds. The first-order valence-corrected chi connectivity index (χ1v) is 11.2.